The molecule has 5 heteroatoms. The number of allylic oxidation sites excluding steroid dienone is 3. The quantitative estimate of drug-likeness (QED) is 0.200. The number of nitrogens with one attached hydrogen (secondary N) is 1. The van der Waals surface area contributed by atoms with Crippen LogP contribution in [0.15, 0.2) is 54.6 Å². The number of halogens is 1. The predicted molar refractivity (Wildman–Crippen MR) is 144 cm³/mol. The molecule has 1 saturated carbocycles. The molecule has 0 amide bonds. The van der Waals surface area contributed by atoms with Gasteiger partial charge in [-0.1, -0.05) is 49.1 Å². The van der Waals surface area contributed by atoms with Gasteiger partial charge in [0.15, 0.2) is 23.0 Å². The van der Waals surface area contributed by atoms with E-state index in [1.54, 1.807) is 0 Å². The minimum Gasteiger partial charge on any atom is -0.428 e. The second kappa shape index (κ2) is 12.2. The van der Waals surface area contributed by atoms with Crippen molar-refractivity contribution in [1.82, 2.24) is 10.2 Å². The Morgan fingerprint density at radius 1 is 1.21 bits per heavy atom. The number of nitrogens with zero attached hydrogens (tertiary/aromatic N) is 2. The lowest BCUT2D eigenvalue weighted by Gasteiger charge is -2.34. The van der Waals surface area contributed by atoms with Crippen molar-refractivity contribution in [3.8, 4) is 6.07 Å². The van der Waals surface area contributed by atoms with E-state index in [0.29, 0.717) is 23.6 Å². The third-order valence-corrected chi connectivity index (χ3v) is 7.97. The molecule has 0 aromatic heterocycles. The van der Waals surface area contributed by atoms with Gasteiger partial charge in [0.25, 0.3) is 0 Å². The van der Waals surface area contributed by atoms with Crippen molar-refractivity contribution in [1.29, 1.82) is 5.26 Å². The van der Waals surface area contributed by atoms with Crippen molar-refractivity contribution in [2.75, 3.05) is 19.6 Å². The topological polar surface area (TPSA) is 48.3 Å². The number of benzene rings is 1. The van der Waals surface area contributed by atoms with Gasteiger partial charge in [0.05, 0.1) is 12.1 Å². The predicted octanol–water partition coefficient (Wildman–Crippen LogP) is 6.21. The van der Waals surface area contributed by atoms with E-state index in [-0.39, 0.29) is 6.04 Å². The zero-order chi connectivity index (χ0) is 23.0. The second-order valence-corrected chi connectivity index (χ2v) is 10.2. The van der Waals surface area contributed by atoms with Crippen LogP contribution in [0, 0.1) is 23.2 Å². The maximum atomic E-state index is 9.79. The van der Waals surface area contributed by atoms with Gasteiger partial charge in [-0.15, -0.1) is 0 Å². The zero-order valence-electron chi connectivity index (χ0n) is 19.5. The summed E-state index contributed by atoms with van der Waals surface area (Å²) in [7, 11) is 0. The standard InChI is InChI=1S/C28H36IN3O/c1-21(33-29)23-12-10-22(11-13-23)7-5-6-16-32-17-14-25(15-18-32)28(20-30)31-27-19-26(27)24-8-3-2-4-9-24/h3,8-13,25-28,31H,1-2,4-7,14-19H2/t26-,27?,28?/m0/s1. The van der Waals surface area contributed by atoms with Crippen molar-refractivity contribution < 1.29 is 3.07 Å². The van der Waals surface area contributed by atoms with Gasteiger partial charge < -0.3 is 7.97 Å². The van der Waals surface area contributed by atoms with Crippen LogP contribution in [0.5, 0.6) is 0 Å². The number of aryl methyl sites for hydroxylation is 1. The second-order valence-electron chi connectivity index (χ2n) is 9.74. The minimum atomic E-state index is 0.00646. The van der Waals surface area contributed by atoms with Crippen molar-refractivity contribution >= 4 is 28.8 Å². The summed E-state index contributed by atoms with van der Waals surface area (Å²) in [5, 5.41) is 13.5. The molecule has 1 aromatic rings. The molecule has 2 unspecified atom stereocenters. The first-order chi connectivity index (χ1) is 16.2. The first-order valence-electron chi connectivity index (χ1n) is 12.5. The number of unbranched alkanes of at least 4 members (excludes halogenated alkanes) is 1. The van der Waals surface area contributed by atoms with Crippen molar-refractivity contribution in [2.24, 2.45) is 11.8 Å². The van der Waals surface area contributed by atoms with Gasteiger partial charge in [-0.25, -0.2) is 0 Å². The molecule has 1 heterocycles. The molecule has 3 atom stereocenters. The summed E-state index contributed by atoms with van der Waals surface area (Å²) in [6, 6.07) is 11.6. The molecular formula is C28H36IN3O. The van der Waals surface area contributed by atoms with Gasteiger partial charge in [0.1, 0.15) is 5.76 Å². The molecular weight excluding hydrogens is 521 g/mol. The molecule has 4 nitrogen and oxygen atoms in total. The maximum absolute atomic E-state index is 9.79. The van der Waals surface area contributed by atoms with Crippen LogP contribution in [0.2, 0.25) is 0 Å². The summed E-state index contributed by atoms with van der Waals surface area (Å²) in [6.45, 7) is 7.32. The fourth-order valence-electron chi connectivity index (χ4n) is 5.24. The average molecular weight is 558 g/mol. The van der Waals surface area contributed by atoms with Gasteiger partial charge in [-0.3, -0.25) is 5.32 Å². The fraction of sp³-hybridized carbons (Fsp3) is 0.536. The lowest BCUT2D eigenvalue weighted by Crippen LogP contribution is -2.44. The van der Waals surface area contributed by atoms with E-state index in [1.165, 1.54) is 49.8 Å². The van der Waals surface area contributed by atoms with E-state index < -0.39 is 0 Å². The molecule has 176 valence electrons. The molecule has 33 heavy (non-hydrogen) atoms. The molecule has 1 aromatic carbocycles. The van der Waals surface area contributed by atoms with Crippen LogP contribution in [0.3, 0.4) is 0 Å². The Kier molecular flexibility index (Phi) is 9.05. The Bertz CT molecular complexity index is 893. The normalized spacial score (nSPS) is 24.1. The average Bonchev–Trinajstić information content (AvgIpc) is 3.65. The molecule has 3 aliphatic rings. The van der Waals surface area contributed by atoms with Gasteiger partial charge in [-0.2, -0.15) is 5.26 Å². The number of likely N-dealkylation sites (tertiary alicyclic amines) is 1. The molecule has 1 saturated heterocycles. The Morgan fingerprint density at radius 3 is 2.67 bits per heavy atom. The highest BCUT2D eigenvalue weighted by molar-refractivity contribution is 14.1. The highest BCUT2D eigenvalue weighted by atomic mass is 127. The smallest absolute Gasteiger partial charge is 0.192 e. The van der Waals surface area contributed by atoms with Gasteiger partial charge in [0.2, 0.25) is 0 Å². The summed E-state index contributed by atoms with van der Waals surface area (Å²) >= 11 is 1.87. The Balaban J connectivity index is 1.12. The zero-order valence-corrected chi connectivity index (χ0v) is 21.7. The molecule has 0 radical (unpaired) electrons. The maximum Gasteiger partial charge on any atom is 0.192 e. The Labute approximate surface area is 213 Å². The summed E-state index contributed by atoms with van der Waals surface area (Å²) in [4.78, 5) is 2.59. The van der Waals surface area contributed by atoms with Crippen LogP contribution < -0.4 is 5.32 Å². The number of nitriles is 1. The Morgan fingerprint density at radius 2 is 2.00 bits per heavy atom. The fourth-order valence-corrected chi connectivity index (χ4v) is 5.50. The highest BCUT2D eigenvalue weighted by Gasteiger charge is 2.41. The lowest BCUT2D eigenvalue weighted by atomic mass is 9.89. The van der Waals surface area contributed by atoms with Crippen LogP contribution >= 0.6 is 23.0 Å². The largest absolute Gasteiger partial charge is 0.428 e. The van der Waals surface area contributed by atoms with Crippen LogP contribution in [-0.4, -0.2) is 36.6 Å². The monoisotopic (exact) mass is 557 g/mol. The van der Waals surface area contributed by atoms with E-state index >= 15 is 0 Å². The number of piperidine rings is 1. The van der Waals surface area contributed by atoms with Gasteiger partial charge >= 0.3 is 0 Å². The third-order valence-electron chi connectivity index (χ3n) is 7.44. The number of rotatable bonds is 11. The highest BCUT2D eigenvalue weighted by Crippen LogP contribution is 2.40. The van der Waals surface area contributed by atoms with Crippen LogP contribution in [-0.2, 0) is 9.49 Å². The van der Waals surface area contributed by atoms with Gasteiger partial charge in [0, 0.05) is 17.5 Å². The molecule has 2 fully saturated rings. The van der Waals surface area contributed by atoms with E-state index in [2.05, 4.69) is 65.4 Å². The summed E-state index contributed by atoms with van der Waals surface area (Å²) in [5.74, 6) is 1.82. The van der Waals surface area contributed by atoms with Crippen molar-refractivity contribution in [2.45, 2.75) is 63.5 Å². The molecule has 1 N–H and O–H groups in total. The molecule has 0 bridgehead atoms. The first-order valence-corrected chi connectivity index (χ1v) is 13.4. The lowest BCUT2D eigenvalue weighted by molar-refractivity contribution is 0.167. The van der Waals surface area contributed by atoms with E-state index in [4.69, 9.17) is 3.07 Å². The Hall–Kier alpha value is -1.62. The molecule has 4 rings (SSSR count). The number of hydrogen-bond acceptors (Lipinski definition) is 4. The molecule has 2 aliphatic carbocycles. The summed E-state index contributed by atoms with van der Waals surface area (Å²) < 4.78 is 5.17. The van der Waals surface area contributed by atoms with Crippen molar-refractivity contribution in [3.05, 3.63) is 65.8 Å². The van der Waals surface area contributed by atoms with Crippen LogP contribution in [0.25, 0.3) is 5.76 Å². The molecule has 0 spiro atoms. The molecule has 1 aliphatic heterocycles. The van der Waals surface area contributed by atoms with E-state index in [0.717, 1.165) is 37.9 Å². The summed E-state index contributed by atoms with van der Waals surface area (Å²) in [5.41, 5.74) is 3.90. The van der Waals surface area contributed by atoms with Crippen LogP contribution in [0.4, 0.5) is 0 Å². The van der Waals surface area contributed by atoms with Gasteiger partial charge in [-0.05, 0) is 88.1 Å². The van der Waals surface area contributed by atoms with E-state index in [1.807, 2.05) is 23.0 Å². The third kappa shape index (κ3) is 6.94. The summed E-state index contributed by atoms with van der Waals surface area (Å²) in [6.07, 6.45) is 16.3. The van der Waals surface area contributed by atoms with E-state index in [9.17, 15) is 5.26 Å². The first kappa shape index (κ1) is 24.5. The van der Waals surface area contributed by atoms with Crippen LogP contribution in [0.1, 0.15) is 56.1 Å². The number of hydrogen-bond donors (Lipinski definition) is 1. The van der Waals surface area contributed by atoms with Crippen molar-refractivity contribution in [3.63, 3.8) is 0 Å². The minimum absolute atomic E-state index is 0.00646. The SMILES string of the molecule is C=C(OI)c1ccc(CCCCN2CCC(C(C#N)NC3C[C@H]3C3=CCCC=C3)CC2)cc1.